The van der Waals surface area contributed by atoms with E-state index in [4.69, 9.17) is 0 Å². The highest BCUT2D eigenvalue weighted by Gasteiger charge is 2.21. The van der Waals surface area contributed by atoms with Crippen LogP contribution >= 0.6 is 0 Å². The molecule has 1 fully saturated rings. The van der Waals surface area contributed by atoms with Crippen molar-refractivity contribution in [3.63, 3.8) is 0 Å². The summed E-state index contributed by atoms with van der Waals surface area (Å²) in [5, 5.41) is 14.1. The molecule has 0 aliphatic carbocycles. The van der Waals surface area contributed by atoms with Crippen molar-refractivity contribution >= 4 is 26.9 Å². The van der Waals surface area contributed by atoms with Crippen LogP contribution in [-0.4, -0.2) is 44.5 Å². The molecule has 0 unspecified atom stereocenters. The van der Waals surface area contributed by atoms with Crippen LogP contribution in [0.3, 0.4) is 0 Å². The predicted octanol–water partition coefficient (Wildman–Crippen LogP) is 1.65. The zero-order valence-electron chi connectivity index (χ0n) is 11.9. The molecule has 2 rings (SSSR count). The van der Waals surface area contributed by atoms with Gasteiger partial charge in [-0.1, -0.05) is 0 Å². The quantitative estimate of drug-likeness (QED) is 0.671. The highest BCUT2D eigenvalue weighted by molar-refractivity contribution is 7.91. The number of nitro groups is 1. The van der Waals surface area contributed by atoms with Crippen LogP contribution in [0.25, 0.3) is 0 Å². The highest BCUT2D eigenvalue weighted by atomic mass is 32.2. The van der Waals surface area contributed by atoms with Crippen molar-refractivity contribution in [1.82, 2.24) is 0 Å². The minimum Gasteiger partial charge on any atom is -0.385 e. The summed E-state index contributed by atoms with van der Waals surface area (Å²) in [6.07, 6.45) is 0.543. The normalized spacial score (nSPS) is 18.0. The van der Waals surface area contributed by atoms with Crippen molar-refractivity contribution in [1.29, 1.82) is 0 Å². The van der Waals surface area contributed by atoms with E-state index in [1.54, 1.807) is 0 Å². The fraction of sp³-hybridized carbons (Fsp3) is 0.538. The minimum atomic E-state index is -3.00. The summed E-state index contributed by atoms with van der Waals surface area (Å²) < 4.78 is 23.3. The number of nitro benzene ring substituents is 1. The number of sulfone groups is 1. The van der Waals surface area contributed by atoms with Crippen molar-refractivity contribution in [2.45, 2.75) is 13.3 Å². The van der Waals surface area contributed by atoms with Gasteiger partial charge in [-0.05, 0) is 19.4 Å². The topological polar surface area (TPSA) is 92.6 Å². The van der Waals surface area contributed by atoms with Crippen molar-refractivity contribution in [2.24, 2.45) is 0 Å². The van der Waals surface area contributed by atoms with E-state index in [2.05, 4.69) is 5.32 Å². The van der Waals surface area contributed by atoms with E-state index in [9.17, 15) is 18.5 Å². The van der Waals surface area contributed by atoms with Gasteiger partial charge in [0.05, 0.1) is 16.4 Å². The number of anilines is 2. The Morgan fingerprint density at radius 1 is 1.29 bits per heavy atom. The first kappa shape index (κ1) is 15.6. The van der Waals surface area contributed by atoms with Gasteiger partial charge < -0.3 is 10.2 Å². The molecule has 0 radical (unpaired) electrons. The smallest absolute Gasteiger partial charge is 0.273 e. The molecule has 7 nitrogen and oxygen atoms in total. The van der Waals surface area contributed by atoms with Crippen molar-refractivity contribution < 1.29 is 13.3 Å². The van der Waals surface area contributed by atoms with E-state index in [1.165, 1.54) is 12.1 Å². The van der Waals surface area contributed by atoms with Gasteiger partial charge in [0.1, 0.15) is 0 Å². The molecule has 8 heteroatoms. The molecule has 0 amide bonds. The molecule has 1 N–H and O–H groups in total. The number of nitrogens with zero attached hydrogens (tertiary/aromatic N) is 2. The number of hydrogen-bond acceptors (Lipinski definition) is 6. The summed E-state index contributed by atoms with van der Waals surface area (Å²) in [6.45, 7) is 3.53. The summed E-state index contributed by atoms with van der Waals surface area (Å²) in [5.41, 5.74) is 1.38. The van der Waals surface area contributed by atoms with E-state index in [-0.39, 0.29) is 17.2 Å². The molecule has 0 saturated carbocycles. The second-order valence-corrected chi connectivity index (χ2v) is 7.32. The van der Waals surface area contributed by atoms with Gasteiger partial charge in [-0.2, -0.15) is 0 Å². The number of rotatable bonds is 4. The Hall–Kier alpha value is -1.83. The SMILES string of the molecule is CCNc1cc(N2CCCS(=O)(=O)CC2)cc([N+](=O)[O-])c1. The Bertz CT molecular complexity index is 630. The average molecular weight is 313 g/mol. The maximum Gasteiger partial charge on any atom is 0.273 e. The van der Waals surface area contributed by atoms with Crippen LogP contribution in [0.1, 0.15) is 13.3 Å². The Balaban J connectivity index is 2.31. The third kappa shape index (κ3) is 4.07. The summed E-state index contributed by atoms with van der Waals surface area (Å²) in [6, 6.07) is 4.81. The molecule has 1 aromatic rings. The molecule has 116 valence electrons. The molecule has 1 aliphatic heterocycles. The van der Waals surface area contributed by atoms with Crippen LogP contribution in [0.15, 0.2) is 18.2 Å². The van der Waals surface area contributed by atoms with Gasteiger partial charge in [-0.15, -0.1) is 0 Å². The Morgan fingerprint density at radius 2 is 2.05 bits per heavy atom. The molecular formula is C13H19N3O4S. The molecular weight excluding hydrogens is 294 g/mol. The molecule has 0 bridgehead atoms. The maximum absolute atomic E-state index is 11.6. The first-order valence-corrected chi connectivity index (χ1v) is 8.72. The largest absolute Gasteiger partial charge is 0.385 e. The number of non-ortho nitro benzene ring substituents is 1. The van der Waals surface area contributed by atoms with Gasteiger partial charge in [-0.3, -0.25) is 10.1 Å². The molecule has 21 heavy (non-hydrogen) atoms. The lowest BCUT2D eigenvalue weighted by Gasteiger charge is -2.22. The first-order chi connectivity index (χ1) is 9.91. The van der Waals surface area contributed by atoms with Gasteiger partial charge in [-0.25, -0.2) is 8.42 Å². The van der Waals surface area contributed by atoms with Crippen LogP contribution in [0.4, 0.5) is 17.1 Å². The Morgan fingerprint density at radius 3 is 2.71 bits per heavy atom. The zero-order chi connectivity index (χ0) is 15.5. The maximum atomic E-state index is 11.6. The third-order valence-electron chi connectivity index (χ3n) is 3.41. The monoisotopic (exact) mass is 313 g/mol. The van der Waals surface area contributed by atoms with E-state index in [0.717, 1.165) is 0 Å². The lowest BCUT2D eigenvalue weighted by atomic mass is 10.2. The van der Waals surface area contributed by atoms with Gasteiger partial charge in [0.25, 0.3) is 5.69 Å². The molecule has 0 atom stereocenters. The van der Waals surface area contributed by atoms with Crippen molar-refractivity contribution in [3.05, 3.63) is 28.3 Å². The Labute approximate surface area is 124 Å². The van der Waals surface area contributed by atoms with Gasteiger partial charge in [0.2, 0.25) is 0 Å². The van der Waals surface area contributed by atoms with Gasteiger partial charge in [0.15, 0.2) is 9.84 Å². The standard InChI is InChI=1S/C13H19N3O4S/c1-2-14-11-8-12(10-13(9-11)16(17)18)15-4-3-6-21(19,20)7-5-15/h8-10,14H,2-7H2,1H3. The molecule has 0 aromatic heterocycles. The molecule has 1 aromatic carbocycles. The minimum absolute atomic E-state index is 0.00977. The van der Waals surface area contributed by atoms with Gasteiger partial charge >= 0.3 is 0 Å². The number of nitrogens with one attached hydrogen (secondary N) is 1. The number of benzene rings is 1. The van der Waals surface area contributed by atoms with E-state index < -0.39 is 14.8 Å². The van der Waals surface area contributed by atoms with Crippen LogP contribution in [0, 0.1) is 10.1 Å². The third-order valence-corrected chi connectivity index (χ3v) is 5.13. The molecule has 1 saturated heterocycles. The lowest BCUT2D eigenvalue weighted by molar-refractivity contribution is -0.384. The average Bonchev–Trinajstić information content (AvgIpc) is 2.59. The van der Waals surface area contributed by atoms with Crippen molar-refractivity contribution in [3.8, 4) is 0 Å². The highest BCUT2D eigenvalue weighted by Crippen LogP contribution is 2.28. The second kappa shape index (κ2) is 6.30. The number of hydrogen-bond donors (Lipinski definition) is 1. The van der Waals surface area contributed by atoms with E-state index in [0.29, 0.717) is 37.4 Å². The summed E-state index contributed by atoms with van der Waals surface area (Å²) in [4.78, 5) is 12.5. The van der Waals surface area contributed by atoms with E-state index >= 15 is 0 Å². The van der Waals surface area contributed by atoms with Crippen LogP contribution in [0.2, 0.25) is 0 Å². The zero-order valence-corrected chi connectivity index (χ0v) is 12.7. The van der Waals surface area contributed by atoms with Gasteiger partial charge in [0, 0.05) is 43.1 Å². The van der Waals surface area contributed by atoms with Crippen LogP contribution in [-0.2, 0) is 9.84 Å². The molecule has 0 spiro atoms. The first-order valence-electron chi connectivity index (χ1n) is 6.90. The second-order valence-electron chi connectivity index (χ2n) is 5.02. The van der Waals surface area contributed by atoms with Crippen LogP contribution in [0.5, 0.6) is 0 Å². The Kier molecular flexibility index (Phi) is 4.66. The fourth-order valence-electron chi connectivity index (χ4n) is 2.39. The van der Waals surface area contributed by atoms with E-state index in [1.807, 2.05) is 17.9 Å². The lowest BCUT2D eigenvalue weighted by Crippen LogP contribution is -2.26. The molecule has 1 aliphatic rings. The summed E-state index contributed by atoms with van der Waals surface area (Å²) in [7, 11) is -3.00. The van der Waals surface area contributed by atoms with Crippen molar-refractivity contribution in [2.75, 3.05) is 41.4 Å². The summed E-state index contributed by atoms with van der Waals surface area (Å²) in [5.74, 6) is 0.269. The molecule has 1 heterocycles. The summed E-state index contributed by atoms with van der Waals surface area (Å²) >= 11 is 0. The fourth-order valence-corrected chi connectivity index (χ4v) is 3.66. The predicted molar refractivity (Wildman–Crippen MR) is 82.7 cm³/mol. The van der Waals surface area contributed by atoms with Crippen LogP contribution < -0.4 is 10.2 Å².